The Bertz CT molecular complexity index is 1030. The molecule has 0 aromatic heterocycles. The second-order valence-corrected chi connectivity index (χ2v) is 10.1. The van der Waals surface area contributed by atoms with Gasteiger partial charge in [0.25, 0.3) is 0 Å². The van der Waals surface area contributed by atoms with Gasteiger partial charge in [-0.25, -0.2) is 8.42 Å². The molecular formula is C22H28N2O5S. The van der Waals surface area contributed by atoms with Gasteiger partial charge in [0.1, 0.15) is 23.6 Å². The van der Waals surface area contributed by atoms with Crippen molar-refractivity contribution in [3.63, 3.8) is 0 Å². The molecule has 1 atom stereocenters. The Hall–Kier alpha value is -2.74. The number of benzene rings is 2. The molecule has 1 aliphatic rings. The molecule has 1 amide bonds. The number of methoxy groups -OCH3 is 1. The molecule has 1 N–H and O–H groups in total. The van der Waals surface area contributed by atoms with Gasteiger partial charge >= 0.3 is 0 Å². The molecule has 8 heteroatoms. The van der Waals surface area contributed by atoms with E-state index in [9.17, 15) is 13.2 Å². The molecule has 0 unspecified atom stereocenters. The standard InChI is InChI=1S/C22H28N2O5S/c1-15-6-11-20-18(12-15)19(13-22(2,3)29-20)23-21(25)14-24(30(5,26)27)16-7-9-17(28-4)10-8-16/h6-12,19H,13-14H2,1-5H3,(H,23,25)/t19-/m1/s1. The van der Waals surface area contributed by atoms with Crippen molar-refractivity contribution in [1.29, 1.82) is 0 Å². The van der Waals surface area contributed by atoms with Crippen molar-refractivity contribution in [3.8, 4) is 11.5 Å². The molecule has 1 heterocycles. The largest absolute Gasteiger partial charge is 0.497 e. The molecule has 0 spiro atoms. The lowest BCUT2D eigenvalue weighted by atomic mass is 9.89. The predicted molar refractivity (Wildman–Crippen MR) is 117 cm³/mol. The third-order valence-corrected chi connectivity index (χ3v) is 6.15. The molecule has 0 saturated heterocycles. The molecular weight excluding hydrogens is 404 g/mol. The smallest absolute Gasteiger partial charge is 0.241 e. The lowest BCUT2D eigenvalue weighted by molar-refractivity contribution is -0.120. The first-order chi connectivity index (χ1) is 14.0. The number of sulfonamides is 1. The summed E-state index contributed by atoms with van der Waals surface area (Å²) >= 11 is 0. The van der Waals surface area contributed by atoms with Gasteiger partial charge in [-0.3, -0.25) is 9.10 Å². The molecule has 0 bridgehead atoms. The normalized spacial score (nSPS) is 17.4. The van der Waals surface area contributed by atoms with E-state index in [4.69, 9.17) is 9.47 Å². The van der Waals surface area contributed by atoms with Gasteiger partial charge in [-0.05, 0) is 51.1 Å². The van der Waals surface area contributed by atoms with E-state index in [1.807, 2.05) is 39.0 Å². The number of rotatable bonds is 6. The fourth-order valence-electron chi connectivity index (χ4n) is 3.62. The van der Waals surface area contributed by atoms with Gasteiger partial charge in [-0.1, -0.05) is 17.7 Å². The fraction of sp³-hybridized carbons (Fsp3) is 0.409. The molecule has 0 saturated carbocycles. The number of carbonyl (C=O) groups is 1. The van der Waals surface area contributed by atoms with Crippen LogP contribution in [0.2, 0.25) is 0 Å². The van der Waals surface area contributed by atoms with E-state index in [1.54, 1.807) is 24.3 Å². The summed E-state index contributed by atoms with van der Waals surface area (Å²) in [5, 5.41) is 3.00. The fourth-order valence-corrected chi connectivity index (χ4v) is 4.48. The minimum atomic E-state index is -3.66. The number of nitrogens with zero attached hydrogens (tertiary/aromatic N) is 1. The van der Waals surface area contributed by atoms with Crippen LogP contribution in [0, 0.1) is 6.92 Å². The molecule has 0 aliphatic carbocycles. The number of fused-ring (bicyclic) bond motifs is 1. The summed E-state index contributed by atoms with van der Waals surface area (Å²) in [6, 6.07) is 12.1. The zero-order chi connectivity index (χ0) is 22.1. The minimum Gasteiger partial charge on any atom is -0.497 e. The third kappa shape index (κ3) is 5.05. The minimum absolute atomic E-state index is 0.270. The van der Waals surface area contributed by atoms with Gasteiger partial charge in [0, 0.05) is 12.0 Å². The van der Waals surface area contributed by atoms with Gasteiger partial charge in [0.15, 0.2) is 0 Å². The molecule has 3 rings (SSSR count). The molecule has 7 nitrogen and oxygen atoms in total. The quantitative estimate of drug-likeness (QED) is 0.758. The zero-order valence-corrected chi connectivity index (χ0v) is 18.7. The predicted octanol–water partition coefficient (Wildman–Crippen LogP) is 3.19. The van der Waals surface area contributed by atoms with Crippen LogP contribution in [0.1, 0.15) is 37.4 Å². The number of carbonyl (C=O) groups excluding carboxylic acids is 1. The van der Waals surface area contributed by atoms with E-state index < -0.39 is 15.6 Å². The lowest BCUT2D eigenvalue weighted by Crippen LogP contribution is -2.45. The van der Waals surface area contributed by atoms with Crippen molar-refractivity contribution in [3.05, 3.63) is 53.6 Å². The highest BCUT2D eigenvalue weighted by Gasteiger charge is 2.35. The van der Waals surface area contributed by atoms with Crippen molar-refractivity contribution in [2.45, 2.75) is 38.8 Å². The molecule has 0 fully saturated rings. The first-order valence-electron chi connectivity index (χ1n) is 9.69. The van der Waals surface area contributed by atoms with Crippen LogP contribution in [0.4, 0.5) is 5.69 Å². The average Bonchev–Trinajstić information content (AvgIpc) is 2.65. The molecule has 162 valence electrons. The monoisotopic (exact) mass is 432 g/mol. The highest BCUT2D eigenvalue weighted by atomic mass is 32.2. The van der Waals surface area contributed by atoms with E-state index >= 15 is 0 Å². The van der Waals surface area contributed by atoms with Crippen molar-refractivity contribution in [1.82, 2.24) is 5.32 Å². The molecule has 2 aromatic rings. The van der Waals surface area contributed by atoms with Gasteiger partial charge < -0.3 is 14.8 Å². The molecule has 0 radical (unpaired) electrons. The topological polar surface area (TPSA) is 84.9 Å². The van der Waals surface area contributed by atoms with E-state index in [-0.39, 0.29) is 18.5 Å². The van der Waals surface area contributed by atoms with Crippen LogP contribution in [0.25, 0.3) is 0 Å². The number of nitrogens with one attached hydrogen (secondary N) is 1. The van der Waals surface area contributed by atoms with Crippen molar-refractivity contribution >= 4 is 21.6 Å². The van der Waals surface area contributed by atoms with Crippen LogP contribution in [0.5, 0.6) is 11.5 Å². The third-order valence-electron chi connectivity index (χ3n) is 5.01. The lowest BCUT2D eigenvalue weighted by Gasteiger charge is -2.38. The van der Waals surface area contributed by atoms with Crippen LogP contribution < -0.4 is 19.1 Å². The maximum atomic E-state index is 12.9. The van der Waals surface area contributed by atoms with Crippen LogP contribution >= 0.6 is 0 Å². The van der Waals surface area contributed by atoms with E-state index in [0.717, 1.165) is 27.4 Å². The second kappa shape index (κ2) is 8.18. The summed E-state index contributed by atoms with van der Waals surface area (Å²) in [5.41, 5.74) is 1.91. The molecule has 30 heavy (non-hydrogen) atoms. The first-order valence-corrected chi connectivity index (χ1v) is 11.5. The maximum absolute atomic E-state index is 12.9. The Morgan fingerprint density at radius 2 is 1.90 bits per heavy atom. The SMILES string of the molecule is COc1ccc(N(CC(=O)N[C@@H]2CC(C)(C)Oc3ccc(C)cc32)S(C)(=O)=O)cc1. The van der Waals surface area contributed by atoms with Gasteiger partial charge in [0.2, 0.25) is 15.9 Å². The number of amides is 1. The van der Waals surface area contributed by atoms with E-state index in [0.29, 0.717) is 17.9 Å². The van der Waals surface area contributed by atoms with E-state index in [1.165, 1.54) is 7.11 Å². The maximum Gasteiger partial charge on any atom is 0.241 e. The Kier molecular flexibility index (Phi) is 5.99. The van der Waals surface area contributed by atoms with Crippen LogP contribution in [0.3, 0.4) is 0 Å². The molecule has 2 aromatic carbocycles. The highest BCUT2D eigenvalue weighted by molar-refractivity contribution is 7.92. The summed E-state index contributed by atoms with van der Waals surface area (Å²) in [7, 11) is -2.12. The average molecular weight is 433 g/mol. The Morgan fingerprint density at radius 1 is 1.23 bits per heavy atom. The summed E-state index contributed by atoms with van der Waals surface area (Å²) in [5.74, 6) is 0.955. The van der Waals surface area contributed by atoms with Gasteiger partial charge in [-0.2, -0.15) is 0 Å². The van der Waals surface area contributed by atoms with Crippen LogP contribution in [0.15, 0.2) is 42.5 Å². The number of aryl methyl sites for hydroxylation is 1. The number of hydrogen-bond acceptors (Lipinski definition) is 5. The van der Waals surface area contributed by atoms with Crippen molar-refractivity contribution < 1.29 is 22.7 Å². The van der Waals surface area contributed by atoms with Crippen molar-refractivity contribution in [2.24, 2.45) is 0 Å². The number of hydrogen-bond donors (Lipinski definition) is 1. The van der Waals surface area contributed by atoms with Crippen LogP contribution in [-0.2, 0) is 14.8 Å². The Labute approximate surface area is 178 Å². The number of ether oxygens (including phenoxy) is 2. The van der Waals surface area contributed by atoms with Crippen LogP contribution in [-0.4, -0.2) is 39.8 Å². The Balaban J connectivity index is 1.83. The summed E-state index contributed by atoms with van der Waals surface area (Å²) in [4.78, 5) is 12.9. The second-order valence-electron chi connectivity index (χ2n) is 8.19. The van der Waals surface area contributed by atoms with Gasteiger partial charge in [0.05, 0.1) is 25.1 Å². The van der Waals surface area contributed by atoms with Crippen molar-refractivity contribution in [2.75, 3.05) is 24.2 Å². The zero-order valence-electron chi connectivity index (χ0n) is 17.9. The summed E-state index contributed by atoms with van der Waals surface area (Å²) in [6.07, 6.45) is 1.66. The van der Waals surface area contributed by atoms with E-state index in [2.05, 4.69) is 5.32 Å². The summed E-state index contributed by atoms with van der Waals surface area (Å²) in [6.45, 7) is 5.60. The Morgan fingerprint density at radius 3 is 2.50 bits per heavy atom. The number of anilines is 1. The summed E-state index contributed by atoms with van der Waals surface area (Å²) < 4.78 is 37.0. The first kappa shape index (κ1) is 22.0. The molecule has 1 aliphatic heterocycles. The van der Waals surface area contributed by atoms with Gasteiger partial charge in [-0.15, -0.1) is 0 Å². The highest BCUT2D eigenvalue weighted by Crippen LogP contribution is 2.39.